The zero-order valence-corrected chi connectivity index (χ0v) is 16.7. The third-order valence-corrected chi connectivity index (χ3v) is 5.39. The fourth-order valence-corrected chi connectivity index (χ4v) is 3.73. The highest BCUT2D eigenvalue weighted by Crippen LogP contribution is 2.36. The van der Waals surface area contributed by atoms with Crippen LogP contribution in [0.5, 0.6) is 5.75 Å². The summed E-state index contributed by atoms with van der Waals surface area (Å²) < 4.78 is 10.7. The molecule has 1 saturated heterocycles. The van der Waals surface area contributed by atoms with Crippen LogP contribution in [0.4, 0.5) is 5.69 Å². The average Bonchev–Trinajstić information content (AvgIpc) is 2.67. The number of rotatable bonds is 5. The van der Waals surface area contributed by atoms with Gasteiger partial charge < -0.3 is 20.5 Å². The van der Waals surface area contributed by atoms with Gasteiger partial charge in [-0.2, -0.15) is 0 Å². The summed E-state index contributed by atoms with van der Waals surface area (Å²) in [5, 5.41) is 4.32. The Labute approximate surface area is 169 Å². The number of methoxy groups -OCH3 is 1. The first-order valence-corrected chi connectivity index (χ1v) is 9.52. The number of nitrogens with zero attached hydrogens (tertiary/aromatic N) is 1. The van der Waals surface area contributed by atoms with Gasteiger partial charge in [-0.15, -0.1) is 0 Å². The van der Waals surface area contributed by atoms with Crippen molar-refractivity contribution >= 4 is 34.8 Å². The van der Waals surface area contributed by atoms with Gasteiger partial charge in [0.1, 0.15) is 5.75 Å². The van der Waals surface area contributed by atoms with Crippen molar-refractivity contribution in [2.45, 2.75) is 18.3 Å². The van der Waals surface area contributed by atoms with Crippen molar-refractivity contribution < 1.29 is 9.47 Å². The van der Waals surface area contributed by atoms with Gasteiger partial charge in [-0.3, -0.25) is 4.99 Å². The summed E-state index contributed by atoms with van der Waals surface area (Å²) in [6.07, 6.45) is 1.75. The quantitative estimate of drug-likeness (QED) is 0.566. The smallest absolute Gasteiger partial charge is 0.193 e. The maximum Gasteiger partial charge on any atom is 0.193 e. The van der Waals surface area contributed by atoms with E-state index >= 15 is 0 Å². The van der Waals surface area contributed by atoms with Crippen LogP contribution in [0, 0.1) is 0 Å². The molecular weight excluding hydrogens is 385 g/mol. The predicted octanol–water partition coefficient (Wildman–Crippen LogP) is 4.48. The Morgan fingerprint density at radius 1 is 1.22 bits per heavy atom. The first kappa shape index (κ1) is 19.8. The van der Waals surface area contributed by atoms with Crippen molar-refractivity contribution in [1.82, 2.24) is 0 Å². The number of anilines is 1. The molecule has 0 radical (unpaired) electrons. The van der Waals surface area contributed by atoms with Crippen molar-refractivity contribution in [2.75, 3.05) is 32.2 Å². The van der Waals surface area contributed by atoms with Crippen molar-refractivity contribution in [3.63, 3.8) is 0 Å². The van der Waals surface area contributed by atoms with Crippen molar-refractivity contribution in [3.05, 3.63) is 58.1 Å². The summed E-state index contributed by atoms with van der Waals surface area (Å²) in [4.78, 5) is 4.60. The fraction of sp³-hybridized carbons (Fsp3) is 0.350. The van der Waals surface area contributed by atoms with Gasteiger partial charge in [-0.25, -0.2) is 0 Å². The van der Waals surface area contributed by atoms with Crippen LogP contribution in [-0.2, 0) is 10.2 Å². The molecule has 0 aliphatic carbocycles. The molecule has 0 aromatic heterocycles. The molecule has 2 aromatic rings. The van der Waals surface area contributed by atoms with E-state index in [1.807, 2.05) is 24.3 Å². The Bertz CT molecular complexity index is 821. The Hall–Kier alpha value is -1.95. The summed E-state index contributed by atoms with van der Waals surface area (Å²) in [5.74, 6) is 0.948. The molecule has 1 fully saturated rings. The first-order valence-electron chi connectivity index (χ1n) is 8.77. The first-order chi connectivity index (χ1) is 13.0. The van der Waals surface area contributed by atoms with Crippen LogP contribution in [0.15, 0.2) is 47.5 Å². The van der Waals surface area contributed by atoms with E-state index in [-0.39, 0.29) is 5.41 Å². The van der Waals surface area contributed by atoms with Gasteiger partial charge in [-0.1, -0.05) is 35.3 Å². The van der Waals surface area contributed by atoms with Crippen LogP contribution in [0.2, 0.25) is 10.0 Å². The lowest BCUT2D eigenvalue weighted by Crippen LogP contribution is -2.38. The molecule has 0 bridgehead atoms. The minimum absolute atomic E-state index is 0.132. The Kier molecular flexibility index (Phi) is 6.47. The fourth-order valence-electron chi connectivity index (χ4n) is 3.29. The maximum atomic E-state index is 6.21. The second kappa shape index (κ2) is 8.83. The highest BCUT2D eigenvalue weighted by atomic mass is 35.5. The molecule has 0 saturated carbocycles. The number of hydrogen-bond donors (Lipinski definition) is 2. The van der Waals surface area contributed by atoms with Crippen LogP contribution >= 0.6 is 23.2 Å². The number of nitrogens with one attached hydrogen (secondary N) is 1. The molecule has 1 aliphatic rings. The van der Waals surface area contributed by atoms with Crippen LogP contribution in [0.3, 0.4) is 0 Å². The molecule has 7 heteroatoms. The molecule has 0 atom stereocenters. The molecule has 1 aliphatic heterocycles. The van der Waals surface area contributed by atoms with Gasteiger partial charge in [-0.05, 0) is 48.7 Å². The highest BCUT2D eigenvalue weighted by molar-refractivity contribution is 6.32. The van der Waals surface area contributed by atoms with E-state index in [1.54, 1.807) is 19.2 Å². The number of ether oxygens (including phenoxy) is 2. The minimum Gasteiger partial charge on any atom is -0.495 e. The molecule has 0 unspecified atom stereocenters. The molecule has 2 aromatic carbocycles. The van der Waals surface area contributed by atoms with Gasteiger partial charge in [0, 0.05) is 29.3 Å². The minimum atomic E-state index is -0.132. The maximum absolute atomic E-state index is 6.21. The van der Waals surface area contributed by atoms with E-state index in [0.29, 0.717) is 36.5 Å². The molecular formula is C20H23Cl2N3O2. The number of halogens is 2. The Balaban J connectivity index is 1.77. The summed E-state index contributed by atoms with van der Waals surface area (Å²) in [7, 11) is 1.58. The third-order valence-electron chi connectivity index (χ3n) is 4.86. The lowest BCUT2D eigenvalue weighted by molar-refractivity contribution is 0.0531. The lowest BCUT2D eigenvalue weighted by atomic mass is 9.74. The molecule has 0 spiro atoms. The number of aliphatic imine (C=N–C) groups is 1. The standard InChI is InChI=1S/C20H23Cl2N3O2/c1-26-18-6-5-16(12-17(18)22)25-19(23)24-13-20(7-9-27-10-8-20)14-3-2-4-15(21)11-14/h2-6,11-12H,7-10,13H2,1H3,(H3,23,24,25). The van der Waals surface area contributed by atoms with Crippen molar-refractivity contribution in [3.8, 4) is 5.75 Å². The highest BCUT2D eigenvalue weighted by Gasteiger charge is 2.34. The summed E-state index contributed by atoms with van der Waals surface area (Å²) in [5.41, 5.74) is 7.91. The second-order valence-corrected chi connectivity index (χ2v) is 7.42. The lowest BCUT2D eigenvalue weighted by Gasteiger charge is -2.36. The molecule has 5 nitrogen and oxygen atoms in total. The Morgan fingerprint density at radius 3 is 2.67 bits per heavy atom. The van der Waals surface area contributed by atoms with Crippen LogP contribution in [0.1, 0.15) is 18.4 Å². The van der Waals surface area contributed by atoms with Crippen LogP contribution in [-0.4, -0.2) is 32.8 Å². The summed E-state index contributed by atoms with van der Waals surface area (Å²) in [6.45, 7) is 1.95. The third kappa shape index (κ3) is 4.86. The van der Waals surface area contributed by atoms with Crippen LogP contribution < -0.4 is 15.8 Å². The number of guanidine groups is 1. The summed E-state index contributed by atoms with van der Waals surface area (Å²) in [6, 6.07) is 13.3. The zero-order valence-electron chi connectivity index (χ0n) is 15.2. The van der Waals surface area contributed by atoms with E-state index in [1.165, 1.54) is 5.56 Å². The largest absolute Gasteiger partial charge is 0.495 e. The second-order valence-electron chi connectivity index (χ2n) is 6.58. The van der Waals surface area contributed by atoms with E-state index in [4.69, 9.17) is 38.4 Å². The topological polar surface area (TPSA) is 68.9 Å². The van der Waals surface area contributed by atoms with Gasteiger partial charge >= 0.3 is 0 Å². The molecule has 3 N–H and O–H groups in total. The molecule has 1 heterocycles. The van der Waals surface area contributed by atoms with Crippen LogP contribution in [0.25, 0.3) is 0 Å². The zero-order chi connectivity index (χ0) is 19.3. The monoisotopic (exact) mass is 407 g/mol. The van der Waals surface area contributed by atoms with Crippen molar-refractivity contribution in [2.24, 2.45) is 10.7 Å². The molecule has 27 heavy (non-hydrogen) atoms. The van der Waals surface area contributed by atoms with E-state index in [0.717, 1.165) is 23.6 Å². The number of nitrogens with two attached hydrogens (primary N) is 1. The molecule has 144 valence electrons. The van der Waals surface area contributed by atoms with Gasteiger partial charge in [0.2, 0.25) is 0 Å². The molecule has 3 rings (SSSR count). The normalized spacial score (nSPS) is 16.8. The SMILES string of the molecule is COc1ccc(NC(N)=NCC2(c3cccc(Cl)c3)CCOCC2)cc1Cl. The number of benzene rings is 2. The van der Waals surface area contributed by atoms with E-state index < -0.39 is 0 Å². The predicted molar refractivity (Wildman–Crippen MR) is 111 cm³/mol. The van der Waals surface area contributed by atoms with E-state index in [9.17, 15) is 0 Å². The molecule has 0 amide bonds. The number of hydrogen-bond acceptors (Lipinski definition) is 3. The summed E-state index contributed by atoms with van der Waals surface area (Å²) >= 11 is 12.4. The Morgan fingerprint density at radius 2 is 2.00 bits per heavy atom. The van der Waals surface area contributed by atoms with E-state index in [2.05, 4.69) is 16.4 Å². The van der Waals surface area contributed by atoms with Gasteiger partial charge in [0.15, 0.2) is 5.96 Å². The van der Waals surface area contributed by atoms with Crippen molar-refractivity contribution in [1.29, 1.82) is 0 Å². The van der Waals surface area contributed by atoms with Gasteiger partial charge in [0.25, 0.3) is 0 Å². The average molecular weight is 408 g/mol. The van der Waals surface area contributed by atoms with Gasteiger partial charge in [0.05, 0.1) is 18.7 Å².